The zero-order valence-electron chi connectivity index (χ0n) is 18.6. The van der Waals surface area contributed by atoms with Gasteiger partial charge >= 0.3 is 6.18 Å². The van der Waals surface area contributed by atoms with Crippen molar-refractivity contribution in [2.45, 2.75) is 37.6 Å². The molecular weight excluding hydrogens is 441 g/mol. The molecule has 8 heteroatoms. The molecule has 1 saturated heterocycles. The number of nitrogens with one attached hydrogen (secondary N) is 1. The molecule has 0 bridgehead atoms. The summed E-state index contributed by atoms with van der Waals surface area (Å²) in [5.74, 6) is 1.37. The van der Waals surface area contributed by atoms with Crippen LogP contribution in [0.3, 0.4) is 0 Å². The van der Waals surface area contributed by atoms with Crippen molar-refractivity contribution in [3.8, 4) is 11.4 Å². The molecule has 2 aliphatic rings. The second-order valence-electron chi connectivity index (χ2n) is 9.05. The molecule has 1 unspecified atom stereocenters. The normalized spacial score (nSPS) is 19.6. The van der Waals surface area contributed by atoms with Crippen molar-refractivity contribution in [2.24, 2.45) is 0 Å². The molecule has 4 aromatic rings. The van der Waals surface area contributed by atoms with Crippen LogP contribution < -0.4 is 4.90 Å². The van der Waals surface area contributed by atoms with E-state index >= 15 is 0 Å². The number of rotatable bonds is 2. The summed E-state index contributed by atoms with van der Waals surface area (Å²) in [5, 5.41) is 0. The number of aromatic amines is 1. The van der Waals surface area contributed by atoms with Crippen LogP contribution >= 0.6 is 0 Å². The Hall–Kier alpha value is -3.39. The van der Waals surface area contributed by atoms with Crippen LogP contribution in [0.4, 0.5) is 19.0 Å². The van der Waals surface area contributed by atoms with E-state index in [2.05, 4.69) is 51.0 Å². The third kappa shape index (κ3) is 3.44. The number of fused-ring (bicyclic) bond motifs is 3. The molecule has 1 N–H and O–H groups in total. The van der Waals surface area contributed by atoms with E-state index in [1.165, 1.54) is 17.2 Å². The van der Waals surface area contributed by atoms with Gasteiger partial charge in [0.2, 0.25) is 0 Å². The number of hydrogen-bond acceptors (Lipinski definition) is 4. The minimum absolute atomic E-state index is 0.108. The number of hydrogen-bond donors (Lipinski definition) is 1. The van der Waals surface area contributed by atoms with E-state index in [4.69, 9.17) is 4.74 Å². The average molecular weight is 464 g/mol. The second-order valence-corrected chi connectivity index (χ2v) is 9.05. The number of anilines is 1. The lowest BCUT2D eigenvalue weighted by Crippen LogP contribution is -2.43. The predicted octanol–water partition coefficient (Wildman–Crippen LogP) is 6.23. The summed E-state index contributed by atoms with van der Waals surface area (Å²) in [5.41, 5.74) is 3.22. The number of ether oxygens (including phenoxy) is 1. The summed E-state index contributed by atoms with van der Waals surface area (Å²) in [6, 6.07) is 15.9. The van der Waals surface area contributed by atoms with Crippen LogP contribution in [0.15, 0.2) is 60.8 Å². The fourth-order valence-corrected chi connectivity index (χ4v) is 5.25. The van der Waals surface area contributed by atoms with E-state index in [0.29, 0.717) is 11.3 Å². The van der Waals surface area contributed by atoms with Crippen molar-refractivity contribution in [3.63, 3.8) is 0 Å². The standard InChI is InChI=1S/C26H23F3N4O/c1-16-19-4-2-3-5-20(19)25(34-16)10-12-33(13-11-25)23-9-6-17(15-30-23)24-31-21-8-7-18(26(27,28)29)14-22(21)32-24/h2-9,14-16H,10-13H2,1H3,(H,31,32). The van der Waals surface area contributed by atoms with E-state index in [9.17, 15) is 13.2 Å². The highest BCUT2D eigenvalue weighted by molar-refractivity contribution is 5.80. The Morgan fingerprint density at radius 1 is 1.06 bits per heavy atom. The number of benzene rings is 2. The number of nitrogens with zero attached hydrogens (tertiary/aromatic N) is 3. The van der Waals surface area contributed by atoms with Crippen molar-refractivity contribution >= 4 is 16.9 Å². The van der Waals surface area contributed by atoms with Gasteiger partial charge in [-0.25, -0.2) is 9.97 Å². The smallest absolute Gasteiger partial charge is 0.363 e. The summed E-state index contributed by atoms with van der Waals surface area (Å²) < 4.78 is 45.4. The maximum atomic E-state index is 13.0. The van der Waals surface area contributed by atoms with Crippen LogP contribution in [0.1, 0.15) is 42.6 Å². The number of imidazole rings is 1. The highest BCUT2D eigenvalue weighted by Gasteiger charge is 2.45. The quantitative estimate of drug-likeness (QED) is 0.382. The van der Waals surface area contributed by atoms with E-state index in [0.717, 1.165) is 49.4 Å². The second kappa shape index (κ2) is 7.56. The molecule has 0 aliphatic carbocycles. The molecule has 0 radical (unpaired) electrons. The van der Waals surface area contributed by atoms with E-state index < -0.39 is 11.7 Å². The SMILES string of the molecule is CC1OC2(CCN(c3ccc(-c4nc5cc(C(F)(F)F)ccc5[nH]4)cn3)CC2)c2ccccc21. The lowest BCUT2D eigenvalue weighted by molar-refractivity contribution is -0.137. The fraction of sp³-hybridized carbons (Fsp3) is 0.308. The Bertz CT molecular complexity index is 1350. The lowest BCUT2D eigenvalue weighted by Gasteiger charge is -2.40. The molecule has 5 nitrogen and oxygen atoms in total. The van der Waals surface area contributed by atoms with E-state index in [1.54, 1.807) is 6.20 Å². The van der Waals surface area contributed by atoms with Crippen LogP contribution in [0.2, 0.25) is 0 Å². The van der Waals surface area contributed by atoms with E-state index in [1.807, 2.05) is 12.1 Å². The van der Waals surface area contributed by atoms with Gasteiger partial charge in [-0.2, -0.15) is 13.2 Å². The van der Waals surface area contributed by atoms with Gasteiger partial charge in [0.25, 0.3) is 0 Å². The average Bonchev–Trinajstić information content (AvgIpc) is 3.38. The molecule has 2 aliphatic heterocycles. The Labute approximate surface area is 194 Å². The third-order valence-corrected chi connectivity index (χ3v) is 7.02. The summed E-state index contributed by atoms with van der Waals surface area (Å²) in [6.07, 6.45) is -0.791. The molecule has 2 aromatic heterocycles. The Balaban J connectivity index is 1.19. The molecule has 1 spiro atoms. The lowest BCUT2D eigenvalue weighted by atomic mass is 9.83. The van der Waals surface area contributed by atoms with Crippen molar-refractivity contribution < 1.29 is 17.9 Å². The van der Waals surface area contributed by atoms with Crippen molar-refractivity contribution in [2.75, 3.05) is 18.0 Å². The first kappa shape index (κ1) is 21.2. The van der Waals surface area contributed by atoms with Gasteiger partial charge in [0.05, 0.1) is 28.3 Å². The highest BCUT2D eigenvalue weighted by atomic mass is 19.4. The molecule has 1 atom stereocenters. The topological polar surface area (TPSA) is 54.0 Å². The molecule has 6 rings (SSSR count). The summed E-state index contributed by atoms with van der Waals surface area (Å²) in [7, 11) is 0. The predicted molar refractivity (Wildman–Crippen MR) is 123 cm³/mol. The number of piperidine rings is 1. The highest BCUT2D eigenvalue weighted by Crippen LogP contribution is 2.49. The molecule has 0 amide bonds. The van der Waals surface area contributed by atoms with Gasteiger partial charge in [-0.15, -0.1) is 0 Å². The summed E-state index contributed by atoms with van der Waals surface area (Å²) >= 11 is 0. The summed E-state index contributed by atoms with van der Waals surface area (Å²) in [4.78, 5) is 14.3. The number of halogens is 3. The van der Waals surface area contributed by atoms with Crippen LogP contribution in [-0.4, -0.2) is 28.0 Å². The monoisotopic (exact) mass is 464 g/mol. The first-order chi connectivity index (χ1) is 16.3. The molecule has 4 heterocycles. The maximum absolute atomic E-state index is 13.0. The third-order valence-electron chi connectivity index (χ3n) is 7.02. The molecule has 0 saturated carbocycles. The zero-order valence-corrected chi connectivity index (χ0v) is 18.6. The first-order valence-electron chi connectivity index (χ1n) is 11.4. The van der Waals surface area contributed by atoms with E-state index in [-0.39, 0.29) is 17.2 Å². The van der Waals surface area contributed by atoms with Crippen LogP contribution in [-0.2, 0) is 16.5 Å². The van der Waals surface area contributed by atoms with Crippen LogP contribution in [0.25, 0.3) is 22.4 Å². The maximum Gasteiger partial charge on any atom is 0.416 e. The Kier molecular flexibility index (Phi) is 4.71. The van der Waals surface area contributed by atoms with Gasteiger partial charge in [-0.1, -0.05) is 24.3 Å². The minimum Gasteiger partial charge on any atom is -0.363 e. The molecule has 1 fully saturated rings. The number of pyridine rings is 1. The number of H-pyrrole nitrogens is 1. The summed E-state index contributed by atoms with van der Waals surface area (Å²) in [6.45, 7) is 3.78. The molecule has 34 heavy (non-hydrogen) atoms. The van der Waals surface area contributed by atoms with Gasteiger partial charge in [0.1, 0.15) is 11.6 Å². The van der Waals surface area contributed by atoms with Crippen LogP contribution in [0, 0.1) is 0 Å². The largest absolute Gasteiger partial charge is 0.416 e. The zero-order chi connectivity index (χ0) is 23.5. The fourth-order valence-electron chi connectivity index (χ4n) is 5.25. The van der Waals surface area contributed by atoms with Crippen molar-refractivity contribution in [3.05, 3.63) is 77.5 Å². The van der Waals surface area contributed by atoms with Crippen molar-refractivity contribution in [1.82, 2.24) is 15.0 Å². The first-order valence-corrected chi connectivity index (χ1v) is 11.4. The van der Waals surface area contributed by atoms with Gasteiger partial charge in [0.15, 0.2) is 0 Å². The Morgan fingerprint density at radius 2 is 1.85 bits per heavy atom. The van der Waals surface area contributed by atoms with Gasteiger partial charge in [-0.05, 0) is 61.2 Å². The van der Waals surface area contributed by atoms with Gasteiger partial charge in [0, 0.05) is 24.8 Å². The number of alkyl halides is 3. The van der Waals surface area contributed by atoms with Crippen molar-refractivity contribution in [1.29, 1.82) is 0 Å². The number of aromatic nitrogens is 3. The molecule has 2 aromatic carbocycles. The van der Waals surface area contributed by atoms with Gasteiger partial charge in [-0.3, -0.25) is 0 Å². The van der Waals surface area contributed by atoms with Gasteiger partial charge < -0.3 is 14.6 Å². The Morgan fingerprint density at radius 3 is 2.59 bits per heavy atom. The molecule has 174 valence electrons. The molecular formula is C26H23F3N4O. The van der Waals surface area contributed by atoms with Crippen LogP contribution in [0.5, 0.6) is 0 Å². The minimum atomic E-state index is -4.40.